The van der Waals surface area contributed by atoms with Crippen LogP contribution in [0.1, 0.15) is 17.3 Å². The van der Waals surface area contributed by atoms with E-state index < -0.39 is 0 Å². The van der Waals surface area contributed by atoms with E-state index in [1.807, 2.05) is 55.5 Å². The second-order valence-electron chi connectivity index (χ2n) is 6.66. The molecule has 4 rings (SSSR count). The maximum absolute atomic E-state index is 12.9. The van der Waals surface area contributed by atoms with Crippen LogP contribution in [0.15, 0.2) is 48.5 Å². The van der Waals surface area contributed by atoms with Crippen molar-refractivity contribution in [3.8, 4) is 11.4 Å². The molecule has 0 bridgehead atoms. The summed E-state index contributed by atoms with van der Waals surface area (Å²) in [6, 6.07) is 15.0. The average molecular weight is 405 g/mol. The smallest absolute Gasteiger partial charge is 0.257 e. The summed E-state index contributed by atoms with van der Waals surface area (Å²) in [4.78, 5) is 22.4. The lowest BCUT2D eigenvalue weighted by molar-refractivity contribution is 0.0939. The fraction of sp³-hybridized carbons (Fsp3) is 0.227. The van der Waals surface area contributed by atoms with Gasteiger partial charge >= 0.3 is 0 Å². The molecule has 0 aliphatic rings. The van der Waals surface area contributed by atoms with E-state index >= 15 is 0 Å². The quantitative estimate of drug-likeness (QED) is 0.458. The fourth-order valence-corrected chi connectivity index (χ4v) is 3.36. The number of nitrogens with one attached hydrogen (secondary N) is 1. The Morgan fingerprint density at radius 2 is 1.80 bits per heavy atom. The van der Waals surface area contributed by atoms with Crippen molar-refractivity contribution in [3.63, 3.8) is 0 Å². The minimum Gasteiger partial charge on any atom is -0.494 e. The molecule has 0 aliphatic carbocycles. The van der Waals surface area contributed by atoms with Crippen molar-refractivity contribution in [2.45, 2.75) is 6.92 Å². The number of nitrogen functional groups attached to an aromatic ring is 1. The molecule has 0 aliphatic heterocycles. The monoisotopic (exact) mass is 405 g/mol. The number of para-hydroxylation sites is 2. The average Bonchev–Trinajstić information content (AvgIpc) is 3.04. The summed E-state index contributed by atoms with van der Waals surface area (Å²) in [6.07, 6.45) is 0. The Morgan fingerprint density at radius 3 is 2.47 bits per heavy atom. The molecular weight excluding hydrogens is 382 g/mol. The lowest BCUT2D eigenvalue weighted by Gasteiger charge is -2.09. The van der Waals surface area contributed by atoms with Gasteiger partial charge in [0.25, 0.3) is 5.91 Å². The molecule has 0 spiro atoms. The van der Waals surface area contributed by atoms with Crippen molar-refractivity contribution in [1.29, 1.82) is 0 Å². The molecule has 0 atom stereocenters. The fourth-order valence-electron chi connectivity index (χ4n) is 3.36. The van der Waals surface area contributed by atoms with E-state index in [1.54, 1.807) is 11.7 Å². The number of fused-ring (bicyclic) bond motifs is 2. The number of nitrogens with two attached hydrogens (primary N) is 1. The molecule has 3 N–H and O–H groups in total. The number of carbonyl (C=O) groups excluding carboxylic acids is 1. The maximum atomic E-state index is 12.9. The van der Waals surface area contributed by atoms with Crippen molar-refractivity contribution in [1.82, 2.24) is 19.9 Å². The van der Waals surface area contributed by atoms with Gasteiger partial charge in [-0.3, -0.25) is 9.36 Å². The molecule has 1 amide bonds. The molecule has 8 nitrogen and oxygen atoms in total. The molecule has 0 saturated heterocycles. The molecule has 0 unspecified atom stereocenters. The van der Waals surface area contributed by atoms with Crippen LogP contribution in [0.25, 0.3) is 27.9 Å². The highest BCUT2D eigenvalue weighted by Crippen LogP contribution is 2.31. The number of carbonyl (C=O) groups is 1. The summed E-state index contributed by atoms with van der Waals surface area (Å²) < 4.78 is 12.3. The number of hydrogen-bond acceptors (Lipinski definition) is 6. The van der Waals surface area contributed by atoms with Gasteiger partial charge in [-0.2, -0.15) is 0 Å². The molecule has 0 fully saturated rings. The standard InChI is InChI=1S/C22H23N5O3/c1-3-30-15-10-8-14(9-11-15)27-20(23)18(22(28)24-12-13-29-2)19-21(27)26-17-7-5-4-6-16(17)25-19/h4-11H,3,12-13,23H2,1-2H3,(H,24,28). The second kappa shape index (κ2) is 8.38. The number of amides is 1. The van der Waals surface area contributed by atoms with E-state index in [2.05, 4.69) is 5.32 Å². The van der Waals surface area contributed by atoms with Crippen LogP contribution in [0.3, 0.4) is 0 Å². The molecule has 2 aromatic heterocycles. The Morgan fingerprint density at radius 1 is 1.10 bits per heavy atom. The normalized spacial score (nSPS) is 11.1. The third kappa shape index (κ3) is 3.53. The zero-order valence-electron chi connectivity index (χ0n) is 16.9. The summed E-state index contributed by atoms with van der Waals surface area (Å²) in [5.41, 5.74) is 9.93. The van der Waals surface area contributed by atoms with Crippen LogP contribution in [-0.2, 0) is 4.74 Å². The molecular formula is C22H23N5O3. The number of ether oxygens (including phenoxy) is 2. The van der Waals surface area contributed by atoms with Crippen molar-refractivity contribution < 1.29 is 14.3 Å². The number of rotatable bonds is 7. The second-order valence-corrected chi connectivity index (χ2v) is 6.66. The first-order chi connectivity index (χ1) is 14.6. The van der Waals surface area contributed by atoms with Crippen LogP contribution in [0.2, 0.25) is 0 Å². The molecule has 0 radical (unpaired) electrons. The van der Waals surface area contributed by atoms with E-state index in [1.165, 1.54) is 0 Å². The van der Waals surface area contributed by atoms with Gasteiger partial charge in [0.05, 0.1) is 24.2 Å². The zero-order valence-corrected chi connectivity index (χ0v) is 16.9. The Bertz CT molecular complexity index is 1200. The van der Waals surface area contributed by atoms with Crippen LogP contribution in [-0.4, -0.2) is 47.3 Å². The Kier molecular flexibility index (Phi) is 5.49. The molecule has 154 valence electrons. The van der Waals surface area contributed by atoms with Gasteiger partial charge in [0, 0.05) is 19.3 Å². The predicted octanol–water partition coefficient (Wildman–Crippen LogP) is 2.93. The van der Waals surface area contributed by atoms with E-state index in [-0.39, 0.29) is 11.7 Å². The summed E-state index contributed by atoms with van der Waals surface area (Å²) in [7, 11) is 1.58. The van der Waals surface area contributed by atoms with Gasteiger partial charge < -0.3 is 20.5 Å². The molecule has 2 aromatic carbocycles. The van der Waals surface area contributed by atoms with Crippen LogP contribution in [0, 0.1) is 0 Å². The van der Waals surface area contributed by atoms with Gasteiger partial charge in [-0.1, -0.05) is 12.1 Å². The van der Waals surface area contributed by atoms with Gasteiger partial charge in [-0.05, 0) is 43.3 Å². The summed E-state index contributed by atoms with van der Waals surface area (Å²) in [5.74, 6) is 0.716. The largest absolute Gasteiger partial charge is 0.494 e. The topological polar surface area (TPSA) is 104 Å². The number of anilines is 1. The Balaban J connectivity index is 1.91. The highest BCUT2D eigenvalue weighted by molar-refractivity contribution is 6.11. The number of benzene rings is 2. The Labute approximate surface area is 173 Å². The lowest BCUT2D eigenvalue weighted by atomic mass is 10.2. The summed E-state index contributed by atoms with van der Waals surface area (Å²) in [5, 5.41) is 2.83. The van der Waals surface area contributed by atoms with Gasteiger partial charge in [0.2, 0.25) is 0 Å². The Hall–Kier alpha value is -3.65. The van der Waals surface area contributed by atoms with E-state index in [9.17, 15) is 4.79 Å². The number of nitrogens with zero attached hydrogens (tertiary/aromatic N) is 3. The van der Waals surface area contributed by atoms with E-state index in [4.69, 9.17) is 25.2 Å². The summed E-state index contributed by atoms with van der Waals surface area (Å²) >= 11 is 0. The van der Waals surface area contributed by atoms with E-state index in [0.29, 0.717) is 42.0 Å². The number of aromatic nitrogens is 3. The SMILES string of the molecule is CCOc1ccc(-n2c(N)c(C(=O)NCCOC)c3nc4ccccc4nc32)cc1. The molecule has 30 heavy (non-hydrogen) atoms. The van der Waals surface area contributed by atoms with E-state index in [0.717, 1.165) is 17.0 Å². The van der Waals surface area contributed by atoms with Crippen molar-refractivity contribution in [2.75, 3.05) is 32.6 Å². The minimum absolute atomic E-state index is 0.277. The highest BCUT2D eigenvalue weighted by atomic mass is 16.5. The molecule has 0 saturated carbocycles. The van der Waals surface area contributed by atoms with Gasteiger partial charge in [0.1, 0.15) is 22.6 Å². The van der Waals surface area contributed by atoms with Crippen LogP contribution in [0.5, 0.6) is 5.75 Å². The molecule has 4 aromatic rings. The third-order valence-electron chi connectivity index (χ3n) is 4.72. The van der Waals surface area contributed by atoms with Crippen molar-refractivity contribution in [3.05, 3.63) is 54.1 Å². The van der Waals surface area contributed by atoms with Gasteiger partial charge in [-0.15, -0.1) is 0 Å². The van der Waals surface area contributed by atoms with Crippen LogP contribution in [0.4, 0.5) is 5.82 Å². The minimum atomic E-state index is -0.316. The zero-order chi connectivity index (χ0) is 21.1. The maximum Gasteiger partial charge on any atom is 0.257 e. The first kappa shape index (κ1) is 19.7. The van der Waals surface area contributed by atoms with Crippen LogP contribution < -0.4 is 15.8 Å². The number of methoxy groups -OCH3 is 1. The van der Waals surface area contributed by atoms with Gasteiger partial charge in [-0.25, -0.2) is 9.97 Å². The lowest BCUT2D eigenvalue weighted by Crippen LogP contribution is -2.27. The first-order valence-corrected chi connectivity index (χ1v) is 9.71. The first-order valence-electron chi connectivity index (χ1n) is 9.71. The third-order valence-corrected chi connectivity index (χ3v) is 4.72. The van der Waals surface area contributed by atoms with Crippen molar-refractivity contribution in [2.24, 2.45) is 0 Å². The molecule has 8 heteroatoms. The van der Waals surface area contributed by atoms with Crippen LogP contribution >= 0.6 is 0 Å². The number of hydrogen-bond donors (Lipinski definition) is 2. The van der Waals surface area contributed by atoms with Crippen molar-refractivity contribution >= 4 is 33.9 Å². The van der Waals surface area contributed by atoms with Gasteiger partial charge in [0.15, 0.2) is 5.65 Å². The molecule has 2 heterocycles. The highest BCUT2D eigenvalue weighted by Gasteiger charge is 2.24. The predicted molar refractivity (Wildman–Crippen MR) is 116 cm³/mol. The summed E-state index contributed by atoms with van der Waals surface area (Å²) in [6.45, 7) is 3.28.